The van der Waals surface area contributed by atoms with Gasteiger partial charge in [0.1, 0.15) is 11.4 Å². The van der Waals surface area contributed by atoms with E-state index < -0.39 is 0 Å². The van der Waals surface area contributed by atoms with E-state index >= 15 is 0 Å². The summed E-state index contributed by atoms with van der Waals surface area (Å²) in [7, 11) is 1.80. The SMILES string of the molecule is Cn1cnc(C(=O)c2ccc(Cl)cn2)c1. The van der Waals surface area contributed by atoms with Crippen LogP contribution in [-0.2, 0) is 7.05 Å². The number of imidazole rings is 1. The lowest BCUT2D eigenvalue weighted by Gasteiger charge is -1.95. The van der Waals surface area contributed by atoms with Crippen LogP contribution in [0.25, 0.3) is 0 Å². The van der Waals surface area contributed by atoms with Gasteiger partial charge in [-0.3, -0.25) is 9.78 Å². The molecule has 0 aliphatic carbocycles. The fourth-order valence-electron chi connectivity index (χ4n) is 1.17. The summed E-state index contributed by atoms with van der Waals surface area (Å²) in [5, 5.41) is 0.507. The Morgan fingerprint density at radius 1 is 1.33 bits per heavy atom. The van der Waals surface area contributed by atoms with E-state index in [-0.39, 0.29) is 5.78 Å². The van der Waals surface area contributed by atoms with Crippen molar-refractivity contribution in [3.8, 4) is 0 Å². The largest absolute Gasteiger partial charge is 0.340 e. The van der Waals surface area contributed by atoms with Gasteiger partial charge in [0, 0.05) is 19.4 Å². The van der Waals surface area contributed by atoms with Gasteiger partial charge in [-0.05, 0) is 12.1 Å². The van der Waals surface area contributed by atoms with Crippen LogP contribution < -0.4 is 0 Å². The Morgan fingerprint density at radius 2 is 2.13 bits per heavy atom. The summed E-state index contributed by atoms with van der Waals surface area (Å²) in [6.07, 6.45) is 4.67. The highest BCUT2D eigenvalue weighted by molar-refractivity contribution is 6.30. The second-order valence-electron chi connectivity index (χ2n) is 3.12. The van der Waals surface area contributed by atoms with Crippen LogP contribution >= 0.6 is 11.6 Å². The number of hydrogen-bond acceptors (Lipinski definition) is 3. The number of ketones is 1. The van der Waals surface area contributed by atoms with Crippen LogP contribution in [-0.4, -0.2) is 20.3 Å². The molecule has 0 fully saturated rings. The predicted molar refractivity (Wildman–Crippen MR) is 55.9 cm³/mol. The van der Waals surface area contributed by atoms with Crippen molar-refractivity contribution in [1.82, 2.24) is 14.5 Å². The maximum absolute atomic E-state index is 11.8. The van der Waals surface area contributed by atoms with Crippen LogP contribution in [0.4, 0.5) is 0 Å². The van der Waals surface area contributed by atoms with Crippen molar-refractivity contribution in [2.45, 2.75) is 0 Å². The molecule has 0 radical (unpaired) electrons. The van der Waals surface area contributed by atoms with E-state index in [1.807, 2.05) is 0 Å². The molecule has 0 aliphatic rings. The van der Waals surface area contributed by atoms with Gasteiger partial charge < -0.3 is 4.57 Å². The Labute approximate surface area is 91.5 Å². The monoisotopic (exact) mass is 221 g/mol. The smallest absolute Gasteiger partial charge is 0.231 e. The third-order valence-electron chi connectivity index (χ3n) is 1.90. The molecule has 2 rings (SSSR count). The maximum atomic E-state index is 11.8. The van der Waals surface area contributed by atoms with Crippen molar-refractivity contribution in [2.75, 3.05) is 0 Å². The molecule has 0 atom stereocenters. The maximum Gasteiger partial charge on any atom is 0.231 e. The summed E-state index contributed by atoms with van der Waals surface area (Å²) in [6, 6.07) is 3.21. The van der Waals surface area contributed by atoms with Gasteiger partial charge in [0.05, 0.1) is 11.3 Å². The van der Waals surface area contributed by atoms with Gasteiger partial charge in [-0.2, -0.15) is 0 Å². The average molecular weight is 222 g/mol. The number of nitrogens with zero attached hydrogens (tertiary/aromatic N) is 3. The van der Waals surface area contributed by atoms with Crippen LogP contribution in [0, 0.1) is 0 Å². The first kappa shape index (κ1) is 9.86. The minimum Gasteiger partial charge on any atom is -0.340 e. The van der Waals surface area contributed by atoms with Crippen LogP contribution in [0.5, 0.6) is 0 Å². The molecule has 0 unspecified atom stereocenters. The van der Waals surface area contributed by atoms with Crippen molar-refractivity contribution in [1.29, 1.82) is 0 Å². The van der Waals surface area contributed by atoms with Gasteiger partial charge in [0.25, 0.3) is 0 Å². The normalized spacial score (nSPS) is 10.3. The van der Waals surface area contributed by atoms with E-state index in [0.717, 1.165) is 0 Å². The van der Waals surface area contributed by atoms with Crippen molar-refractivity contribution < 1.29 is 4.79 Å². The van der Waals surface area contributed by atoms with Crippen LogP contribution in [0.2, 0.25) is 5.02 Å². The third kappa shape index (κ3) is 2.05. The molecule has 0 bridgehead atoms. The summed E-state index contributed by atoms with van der Waals surface area (Å²) < 4.78 is 1.71. The number of halogens is 1. The highest BCUT2D eigenvalue weighted by atomic mass is 35.5. The van der Waals surface area contributed by atoms with Crippen molar-refractivity contribution >= 4 is 17.4 Å². The number of carbonyl (C=O) groups excluding carboxylic acids is 1. The van der Waals surface area contributed by atoms with Gasteiger partial charge in [-0.15, -0.1) is 0 Å². The number of aryl methyl sites for hydroxylation is 1. The highest BCUT2D eigenvalue weighted by Crippen LogP contribution is 2.09. The van der Waals surface area contributed by atoms with Crippen LogP contribution in [0.3, 0.4) is 0 Å². The van der Waals surface area contributed by atoms with Gasteiger partial charge in [-0.25, -0.2) is 4.98 Å². The summed E-state index contributed by atoms with van der Waals surface area (Å²) in [4.78, 5) is 19.7. The summed E-state index contributed by atoms with van der Waals surface area (Å²) in [6.45, 7) is 0. The molecule has 0 N–H and O–H groups in total. The first-order valence-electron chi connectivity index (χ1n) is 4.31. The zero-order valence-corrected chi connectivity index (χ0v) is 8.77. The molecule has 0 aliphatic heterocycles. The first-order chi connectivity index (χ1) is 7.16. The number of hydrogen-bond donors (Lipinski definition) is 0. The molecule has 0 aromatic carbocycles. The minimum absolute atomic E-state index is 0.202. The Balaban J connectivity index is 2.32. The van der Waals surface area contributed by atoms with Gasteiger partial charge >= 0.3 is 0 Å². The molecular formula is C10H8ClN3O. The summed E-state index contributed by atoms with van der Waals surface area (Å²) >= 11 is 5.67. The fourth-order valence-corrected chi connectivity index (χ4v) is 1.28. The Kier molecular flexibility index (Phi) is 2.51. The summed E-state index contributed by atoms with van der Waals surface area (Å²) in [5.41, 5.74) is 0.727. The molecule has 5 heteroatoms. The van der Waals surface area contributed by atoms with Crippen LogP contribution in [0.15, 0.2) is 30.9 Å². The third-order valence-corrected chi connectivity index (χ3v) is 2.12. The lowest BCUT2D eigenvalue weighted by atomic mass is 10.2. The van der Waals surface area contributed by atoms with Gasteiger partial charge in [-0.1, -0.05) is 11.6 Å². The van der Waals surface area contributed by atoms with Crippen molar-refractivity contribution in [3.63, 3.8) is 0 Å². The highest BCUT2D eigenvalue weighted by Gasteiger charge is 2.12. The second-order valence-corrected chi connectivity index (χ2v) is 3.55. The number of pyridine rings is 1. The zero-order chi connectivity index (χ0) is 10.8. The summed E-state index contributed by atoms with van der Waals surface area (Å²) in [5.74, 6) is -0.202. The first-order valence-corrected chi connectivity index (χ1v) is 4.69. The van der Waals surface area contributed by atoms with E-state index in [1.54, 1.807) is 36.3 Å². The zero-order valence-electron chi connectivity index (χ0n) is 8.01. The molecule has 0 saturated carbocycles. The molecule has 2 heterocycles. The number of aromatic nitrogens is 3. The predicted octanol–water partition coefficient (Wildman–Crippen LogP) is 1.70. The molecule has 2 aromatic heterocycles. The van der Waals surface area contributed by atoms with E-state index in [2.05, 4.69) is 9.97 Å². The number of carbonyl (C=O) groups is 1. The molecule has 2 aromatic rings. The van der Waals surface area contributed by atoms with Crippen molar-refractivity contribution in [2.24, 2.45) is 7.05 Å². The lowest BCUT2D eigenvalue weighted by molar-refractivity contribution is 0.103. The standard InChI is InChI=1S/C10H8ClN3O/c1-14-5-9(13-6-14)10(15)8-3-2-7(11)4-12-8/h2-6H,1H3. The van der Waals surface area contributed by atoms with E-state index in [4.69, 9.17) is 11.6 Å². The molecule has 76 valence electrons. The fraction of sp³-hybridized carbons (Fsp3) is 0.100. The molecule has 15 heavy (non-hydrogen) atoms. The average Bonchev–Trinajstić information content (AvgIpc) is 2.65. The van der Waals surface area contributed by atoms with E-state index in [1.165, 1.54) is 6.20 Å². The molecule has 0 saturated heterocycles. The Bertz CT molecular complexity index is 490. The Hall–Kier alpha value is -1.68. The molecule has 0 amide bonds. The van der Waals surface area contributed by atoms with Crippen molar-refractivity contribution in [3.05, 3.63) is 47.3 Å². The quantitative estimate of drug-likeness (QED) is 0.726. The molecule has 0 spiro atoms. The molecular weight excluding hydrogens is 214 g/mol. The lowest BCUT2D eigenvalue weighted by Crippen LogP contribution is -2.03. The Morgan fingerprint density at radius 3 is 2.67 bits per heavy atom. The van der Waals surface area contributed by atoms with E-state index in [0.29, 0.717) is 16.4 Å². The van der Waals surface area contributed by atoms with E-state index in [9.17, 15) is 4.79 Å². The van der Waals surface area contributed by atoms with Gasteiger partial charge in [0.2, 0.25) is 5.78 Å². The number of rotatable bonds is 2. The van der Waals surface area contributed by atoms with Gasteiger partial charge in [0.15, 0.2) is 0 Å². The molecule has 4 nitrogen and oxygen atoms in total. The topological polar surface area (TPSA) is 47.8 Å². The second kappa shape index (κ2) is 3.82. The van der Waals surface area contributed by atoms with Crippen LogP contribution in [0.1, 0.15) is 16.2 Å². The minimum atomic E-state index is -0.202.